The van der Waals surface area contributed by atoms with Gasteiger partial charge in [0.2, 0.25) is 5.90 Å². The average Bonchev–Trinajstić information content (AvgIpc) is 2.29. The summed E-state index contributed by atoms with van der Waals surface area (Å²) in [5, 5.41) is 9.77. The Kier molecular flexibility index (Phi) is 2.63. The topological polar surface area (TPSA) is 46.0 Å². The second-order valence-corrected chi connectivity index (χ2v) is 3.18. The fourth-order valence-electron chi connectivity index (χ4n) is 1.43. The highest BCUT2D eigenvalue weighted by atomic mass is 16.5. The van der Waals surface area contributed by atoms with Crippen LogP contribution in [0.3, 0.4) is 0 Å². The minimum atomic E-state index is 0.128. The fraction of sp³-hybridized carbons (Fsp3) is 0.167. The highest BCUT2D eigenvalue weighted by Gasteiger charge is 2.03. The van der Waals surface area contributed by atoms with Crippen LogP contribution >= 0.6 is 0 Å². The third kappa shape index (κ3) is 1.96. The lowest BCUT2D eigenvalue weighted by molar-refractivity contribution is 0.324. The molecule has 0 amide bonds. The van der Waals surface area contributed by atoms with Gasteiger partial charge >= 0.3 is 0 Å². The van der Waals surface area contributed by atoms with Crippen LogP contribution in [-0.4, -0.2) is 17.5 Å². The van der Waals surface area contributed by atoms with E-state index in [1.807, 2.05) is 37.3 Å². The molecule has 0 aliphatic carbocycles. The molecule has 0 fully saturated rings. The van der Waals surface area contributed by atoms with Crippen LogP contribution in [0.2, 0.25) is 0 Å². The molecule has 0 atom stereocenters. The number of benzene rings is 1. The maximum absolute atomic E-state index is 7.62. The van der Waals surface area contributed by atoms with Gasteiger partial charge in [0.05, 0.1) is 6.61 Å². The van der Waals surface area contributed by atoms with Gasteiger partial charge in [-0.1, -0.05) is 24.3 Å². The van der Waals surface area contributed by atoms with Gasteiger partial charge < -0.3 is 4.74 Å². The molecule has 0 spiro atoms. The van der Waals surface area contributed by atoms with Crippen LogP contribution in [0.15, 0.2) is 36.5 Å². The first kappa shape index (κ1) is 9.65. The molecule has 0 saturated heterocycles. The van der Waals surface area contributed by atoms with Crippen molar-refractivity contribution in [2.75, 3.05) is 6.61 Å². The Hall–Kier alpha value is -1.90. The summed E-state index contributed by atoms with van der Waals surface area (Å²) in [5.74, 6) is 0.128. The minimum Gasteiger partial charge on any atom is -0.477 e. The van der Waals surface area contributed by atoms with Crippen molar-refractivity contribution < 1.29 is 4.74 Å². The van der Waals surface area contributed by atoms with Crippen LogP contribution < -0.4 is 0 Å². The molecule has 1 aromatic heterocycles. The van der Waals surface area contributed by atoms with Crippen LogP contribution in [-0.2, 0) is 4.74 Å². The monoisotopic (exact) mass is 200 g/mol. The highest BCUT2D eigenvalue weighted by molar-refractivity contribution is 5.94. The number of fused-ring (bicyclic) bond motifs is 1. The second kappa shape index (κ2) is 4.09. The Morgan fingerprint density at radius 1 is 1.33 bits per heavy atom. The van der Waals surface area contributed by atoms with Crippen LogP contribution in [0.5, 0.6) is 0 Å². The molecule has 0 bridgehead atoms. The Bertz CT molecular complexity index is 494. The SMILES string of the molecule is CCOC(=N)c1cc2ccccc2cn1. The molecule has 76 valence electrons. The molecule has 1 heterocycles. The van der Waals surface area contributed by atoms with Crippen LogP contribution in [0.1, 0.15) is 12.6 Å². The van der Waals surface area contributed by atoms with Gasteiger partial charge in [-0.2, -0.15) is 0 Å². The first-order valence-electron chi connectivity index (χ1n) is 4.88. The zero-order valence-corrected chi connectivity index (χ0v) is 8.53. The molecule has 0 unspecified atom stereocenters. The molecule has 3 nitrogen and oxygen atoms in total. The predicted molar refractivity (Wildman–Crippen MR) is 60.2 cm³/mol. The van der Waals surface area contributed by atoms with Gasteiger partial charge in [-0.25, -0.2) is 0 Å². The fourth-order valence-corrected chi connectivity index (χ4v) is 1.43. The first-order chi connectivity index (χ1) is 7.31. The predicted octanol–water partition coefficient (Wildman–Crippen LogP) is 2.60. The van der Waals surface area contributed by atoms with E-state index in [1.165, 1.54) is 0 Å². The van der Waals surface area contributed by atoms with Gasteiger partial charge in [0.1, 0.15) is 5.69 Å². The van der Waals surface area contributed by atoms with Crippen molar-refractivity contribution in [3.63, 3.8) is 0 Å². The zero-order valence-electron chi connectivity index (χ0n) is 8.53. The number of ether oxygens (including phenoxy) is 1. The summed E-state index contributed by atoms with van der Waals surface area (Å²) in [6.07, 6.45) is 1.76. The van der Waals surface area contributed by atoms with Gasteiger partial charge in [0.15, 0.2) is 0 Å². The summed E-state index contributed by atoms with van der Waals surface area (Å²) in [6, 6.07) is 9.80. The third-order valence-electron chi connectivity index (χ3n) is 2.15. The maximum atomic E-state index is 7.62. The summed E-state index contributed by atoms with van der Waals surface area (Å²) in [7, 11) is 0. The van der Waals surface area contributed by atoms with Crippen LogP contribution in [0.25, 0.3) is 10.8 Å². The van der Waals surface area contributed by atoms with Gasteiger partial charge in [-0.3, -0.25) is 10.4 Å². The Morgan fingerprint density at radius 3 is 2.80 bits per heavy atom. The lowest BCUT2D eigenvalue weighted by atomic mass is 10.1. The highest BCUT2D eigenvalue weighted by Crippen LogP contribution is 2.13. The molecule has 3 heteroatoms. The van der Waals surface area contributed by atoms with Crippen molar-refractivity contribution in [1.82, 2.24) is 4.98 Å². The number of hydrogen-bond donors (Lipinski definition) is 1. The van der Waals surface area contributed by atoms with Crippen LogP contribution in [0.4, 0.5) is 0 Å². The molecule has 0 saturated carbocycles. The lowest BCUT2D eigenvalue weighted by Gasteiger charge is -2.04. The van der Waals surface area contributed by atoms with E-state index in [-0.39, 0.29) is 5.90 Å². The molecular formula is C12H12N2O. The molecule has 0 aliphatic rings. The van der Waals surface area contributed by atoms with E-state index in [1.54, 1.807) is 6.20 Å². The Morgan fingerprint density at radius 2 is 2.07 bits per heavy atom. The van der Waals surface area contributed by atoms with Crippen molar-refractivity contribution in [3.8, 4) is 0 Å². The standard InChI is InChI=1S/C12H12N2O/c1-2-15-12(13)11-7-9-5-3-4-6-10(9)8-14-11/h3-8,13H,2H2,1H3. The van der Waals surface area contributed by atoms with Crippen molar-refractivity contribution in [1.29, 1.82) is 5.41 Å². The molecule has 1 N–H and O–H groups in total. The normalized spacial score (nSPS) is 10.2. The molecule has 1 aromatic carbocycles. The third-order valence-corrected chi connectivity index (χ3v) is 2.15. The van der Waals surface area contributed by atoms with Crippen molar-refractivity contribution in [2.45, 2.75) is 6.92 Å². The second-order valence-electron chi connectivity index (χ2n) is 3.18. The Labute approximate surface area is 88.2 Å². The summed E-state index contributed by atoms with van der Waals surface area (Å²) >= 11 is 0. The number of nitrogens with one attached hydrogen (secondary N) is 1. The zero-order chi connectivity index (χ0) is 10.7. The maximum Gasteiger partial charge on any atom is 0.232 e. The molecule has 0 aliphatic heterocycles. The van der Waals surface area contributed by atoms with Crippen molar-refractivity contribution in [2.24, 2.45) is 0 Å². The van der Waals surface area contributed by atoms with Gasteiger partial charge in [0, 0.05) is 11.6 Å². The van der Waals surface area contributed by atoms with E-state index in [0.717, 1.165) is 10.8 Å². The lowest BCUT2D eigenvalue weighted by Crippen LogP contribution is -2.06. The van der Waals surface area contributed by atoms with E-state index >= 15 is 0 Å². The molecule has 2 aromatic rings. The van der Waals surface area contributed by atoms with Crippen molar-refractivity contribution >= 4 is 16.7 Å². The van der Waals surface area contributed by atoms with E-state index in [4.69, 9.17) is 10.1 Å². The summed E-state index contributed by atoms with van der Waals surface area (Å²) in [4.78, 5) is 4.18. The summed E-state index contributed by atoms with van der Waals surface area (Å²) < 4.78 is 5.10. The van der Waals surface area contributed by atoms with Crippen molar-refractivity contribution in [3.05, 3.63) is 42.2 Å². The summed E-state index contributed by atoms with van der Waals surface area (Å²) in [6.45, 7) is 2.35. The number of aromatic nitrogens is 1. The quantitative estimate of drug-likeness (QED) is 0.598. The number of pyridine rings is 1. The molecule has 15 heavy (non-hydrogen) atoms. The molecule has 0 radical (unpaired) electrons. The molecule has 2 rings (SSSR count). The van der Waals surface area contributed by atoms with E-state index < -0.39 is 0 Å². The molecular weight excluding hydrogens is 188 g/mol. The number of hydrogen-bond acceptors (Lipinski definition) is 3. The average molecular weight is 200 g/mol. The van der Waals surface area contributed by atoms with Gasteiger partial charge in [-0.05, 0) is 18.4 Å². The summed E-state index contributed by atoms with van der Waals surface area (Å²) in [5.41, 5.74) is 0.579. The van der Waals surface area contributed by atoms with Gasteiger partial charge in [-0.15, -0.1) is 0 Å². The number of rotatable bonds is 2. The largest absolute Gasteiger partial charge is 0.477 e. The van der Waals surface area contributed by atoms with E-state index in [0.29, 0.717) is 12.3 Å². The van der Waals surface area contributed by atoms with E-state index in [2.05, 4.69) is 4.98 Å². The number of nitrogens with zero attached hydrogens (tertiary/aromatic N) is 1. The smallest absolute Gasteiger partial charge is 0.232 e. The minimum absolute atomic E-state index is 0.128. The first-order valence-corrected chi connectivity index (χ1v) is 4.88. The van der Waals surface area contributed by atoms with Gasteiger partial charge in [0.25, 0.3) is 0 Å². The Balaban J connectivity index is 2.42. The van der Waals surface area contributed by atoms with E-state index in [9.17, 15) is 0 Å². The van der Waals surface area contributed by atoms with Crippen LogP contribution in [0, 0.1) is 5.41 Å².